The highest BCUT2D eigenvalue weighted by Gasteiger charge is 2.51. The van der Waals surface area contributed by atoms with E-state index in [1.165, 1.54) is 0 Å². The van der Waals surface area contributed by atoms with Gasteiger partial charge in [0.15, 0.2) is 0 Å². The molecule has 2 bridgehead atoms. The molecule has 2 N–H and O–H groups in total. The summed E-state index contributed by atoms with van der Waals surface area (Å²) in [6.45, 7) is 2.84. The van der Waals surface area contributed by atoms with Gasteiger partial charge in [0.2, 0.25) is 5.91 Å². The second-order valence-electron chi connectivity index (χ2n) is 6.91. The molecule has 0 aliphatic heterocycles. The number of rotatable bonds is 8. The summed E-state index contributed by atoms with van der Waals surface area (Å²) in [5, 5.41) is 12.3. The van der Waals surface area contributed by atoms with Crippen LogP contribution in [-0.2, 0) is 9.59 Å². The second kappa shape index (κ2) is 7.72. The van der Waals surface area contributed by atoms with Gasteiger partial charge < -0.3 is 15.2 Å². The molecule has 5 heteroatoms. The summed E-state index contributed by atoms with van der Waals surface area (Å²) in [7, 11) is 0. The van der Waals surface area contributed by atoms with Crippen LogP contribution in [0, 0.1) is 23.7 Å². The average molecular weight is 343 g/mol. The second-order valence-corrected chi connectivity index (χ2v) is 6.91. The van der Waals surface area contributed by atoms with Gasteiger partial charge >= 0.3 is 5.97 Å². The number of fused-ring (bicyclic) bond motifs is 2. The van der Waals surface area contributed by atoms with Crippen molar-refractivity contribution in [2.24, 2.45) is 23.7 Å². The molecule has 1 fully saturated rings. The molecule has 0 spiro atoms. The number of carboxylic acids is 1. The monoisotopic (exact) mass is 343 g/mol. The lowest BCUT2D eigenvalue weighted by Gasteiger charge is -2.23. The van der Waals surface area contributed by atoms with Crippen molar-refractivity contribution < 1.29 is 19.4 Å². The number of aliphatic carboxylic acids is 1. The standard InChI is InChI=1S/C20H25NO4/c1-2-3-4-11-25-16-9-7-15(8-10-16)21-19(22)17-13-5-6-14(12-13)18(17)20(23)24/h5-10,13-14,17-18H,2-4,11-12H2,1H3,(H,21,22)(H,23,24)/t13-,14+,17+,18-/m0/s1. The van der Waals surface area contributed by atoms with Gasteiger partial charge in [-0.3, -0.25) is 9.59 Å². The SMILES string of the molecule is CCCCCOc1ccc(NC(=O)[C@H]2[C@@H](C(=O)O)[C@@H]3C=C[C@H]2C3)cc1. The maximum absolute atomic E-state index is 12.6. The summed E-state index contributed by atoms with van der Waals surface area (Å²) in [4.78, 5) is 24.1. The Morgan fingerprint density at radius 1 is 1.12 bits per heavy atom. The number of carbonyl (C=O) groups is 2. The van der Waals surface area contributed by atoms with Crippen molar-refractivity contribution >= 4 is 17.6 Å². The van der Waals surface area contributed by atoms with Crippen molar-refractivity contribution in [1.82, 2.24) is 0 Å². The molecule has 0 radical (unpaired) electrons. The fraction of sp³-hybridized carbons (Fsp3) is 0.500. The first-order valence-corrected chi connectivity index (χ1v) is 9.05. The predicted molar refractivity (Wildman–Crippen MR) is 95.4 cm³/mol. The summed E-state index contributed by atoms with van der Waals surface area (Å²) >= 11 is 0. The number of carboxylic acid groups (broad SMARTS) is 1. The van der Waals surface area contributed by atoms with Gasteiger partial charge in [0.25, 0.3) is 0 Å². The molecule has 0 aromatic heterocycles. The molecule has 1 amide bonds. The van der Waals surface area contributed by atoms with Crippen LogP contribution in [0.5, 0.6) is 5.75 Å². The van der Waals surface area contributed by atoms with Crippen LogP contribution in [0.1, 0.15) is 32.6 Å². The lowest BCUT2D eigenvalue weighted by Crippen LogP contribution is -2.36. The number of amides is 1. The molecule has 2 aliphatic rings. The topological polar surface area (TPSA) is 75.6 Å². The Hall–Kier alpha value is -2.30. The fourth-order valence-electron chi connectivity index (χ4n) is 3.92. The third-order valence-corrected chi connectivity index (χ3v) is 5.19. The molecule has 4 atom stereocenters. The highest BCUT2D eigenvalue weighted by molar-refractivity contribution is 5.96. The minimum absolute atomic E-state index is 0.0165. The van der Waals surface area contributed by atoms with Crippen molar-refractivity contribution in [2.75, 3.05) is 11.9 Å². The van der Waals surface area contributed by atoms with Crippen LogP contribution in [0.25, 0.3) is 0 Å². The van der Waals surface area contributed by atoms with Crippen molar-refractivity contribution in [1.29, 1.82) is 0 Å². The van der Waals surface area contributed by atoms with E-state index in [-0.39, 0.29) is 17.7 Å². The molecule has 0 unspecified atom stereocenters. The van der Waals surface area contributed by atoms with E-state index in [1.54, 1.807) is 12.1 Å². The molecular formula is C20H25NO4. The number of ether oxygens (including phenoxy) is 1. The molecule has 3 rings (SSSR count). The summed E-state index contributed by atoms with van der Waals surface area (Å²) < 4.78 is 5.66. The van der Waals surface area contributed by atoms with Crippen LogP contribution in [0.2, 0.25) is 0 Å². The number of unbranched alkanes of at least 4 members (excludes halogenated alkanes) is 2. The van der Waals surface area contributed by atoms with Gasteiger partial charge in [-0.25, -0.2) is 0 Å². The minimum Gasteiger partial charge on any atom is -0.494 e. The van der Waals surface area contributed by atoms with Crippen LogP contribution in [0.4, 0.5) is 5.69 Å². The van der Waals surface area contributed by atoms with E-state index < -0.39 is 17.8 Å². The summed E-state index contributed by atoms with van der Waals surface area (Å²) in [6.07, 6.45) is 8.03. The maximum atomic E-state index is 12.6. The fourth-order valence-corrected chi connectivity index (χ4v) is 3.92. The number of nitrogens with one attached hydrogen (secondary N) is 1. The van der Waals surface area contributed by atoms with E-state index in [1.807, 2.05) is 24.3 Å². The Balaban J connectivity index is 1.58. The number of hydrogen-bond donors (Lipinski definition) is 2. The number of hydrogen-bond acceptors (Lipinski definition) is 3. The molecular weight excluding hydrogens is 318 g/mol. The largest absolute Gasteiger partial charge is 0.494 e. The lowest BCUT2D eigenvalue weighted by molar-refractivity contribution is -0.146. The molecule has 1 aromatic carbocycles. The first kappa shape index (κ1) is 17.5. The highest BCUT2D eigenvalue weighted by atomic mass is 16.5. The number of benzene rings is 1. The molecule has 0 heterocycles. The zero-order valence-electron chi connectivity index (χ0n) is 14.5. The van der Waals surface area contributed by atoms with E-state index in [4.69, 9.17) is 4.74 Å². The molecule has 1 saturated carbocycles. The zero-order chi connectivity index (χ0) is 17.8. The van der Waals surface area contributed by atoms with Gasteiger partial charge in [-0.05, 0) is 48.9 Å². The number of carbonyl (C=O) groups excluding carboxylic acids is 1. The van der Waals surface area contributed by atoms with Gasteiger partial charge in [-0.15, -0.1) is 0 Å². The van der Waals surface area contributed by atoms with Gasteiger partial charge in [0.1, 0.15) is 5.75 Å². The average Bonchev–Trinajstić information content (AvgIpc) is 3.21. The summed E-state index contributed by atoms with van der Waals surface area (Å²) in [6, 6.07) is 7.26. The van der Waals surface area contributed by atoms with Gasteiger partial charge in [-0.1, -0.05) is 31.9 Å². The predicted octanol–water partition coefficient (Wildman–Crippen LogP) is 3.72. The summed E-state index contributed by atoms with van der Waals surface area (Å²) in [5.41, 5.74) is 0.668. The van der Waals surface area contributed by atoms with E-state index in [0.29, 0.717) is 12.3 Å². The molecule has 0 saturated heterocycles. The van der Waals surface area contributed by atoms with Crippen LogP contribution in [0.15, 0.2) is 36.4 Å². The van der Waals surface area contributed by atoms with E-state index in [9.17, 15) is 14.7 Å². The molecule has 25 heavy (non-hydrogen) atoms. The quantitative estimate of drug-likeness (QED) is 0.557. The molecule has 134 valence electrons. The van der Waals surface area contributed by atoms with E-state index >= 15 is 0 Å². The van der Waals surface area contributed by atoms with E-state index in [2.05, 4.69) is 12.2 Å². The molecule has 5 nitrogen and oxygen atoms in total. The Morgan fingerprint density at radius 2 is 1.80 bits per heavy atom. The zero-order valence-corrected chi connectivity index (χ0v) is 14.5. The van der Waals surface area contributed by atoms with Gasteiger partial charge in [0, 0.05) is 5.69 Å². The van der Waals surface area contributed by atoms with Crippen molar-refractivity contribution in [2.45, 2.75) is 32.6 Å². The van der Waals surface area contributed by atoms with Crippen LogP contribution < -0.4 is 10.1 Å². The van der Waals surface area contributed by atoms with Crippen LogP contribution in [0.3, 0.4) is 0 Å². The molecule has 2 aliphatic carbocycles. The normalized spacial score (nSPS) is 26.6. The van der Waals surface area contributed by atoms with Crippen molar-refractivity contribution in [3.63, 3.8) is 0 Å². The highest BCUT2D eigenvalue weighted by Crippen LogP contribution is 2.48. The minimum atomic E-state index is -0.882. The van der Waals surface area contributed by atoms with Gasteiger partial charge in [0.05, 0.1) is 18.4 Å². The third kappa shape index (κ3) is 3.86. The Kier molecular flexibility index (Phi) is 5.41. The van der Waals surface area contributed by atoms with Gasteiger partial charge in [-0.2, -0.15) is 0 Å². The maximum Gasteiger partial charge on any atom is 0.307 e. The van der Waals surface area contributed by atoms with E-state index in [0.717, 1.165) is 31.4 Å². The van der Waals surface area contributed by atoms with Crippen molar-refractivity contribution in [3.8, 4) is 5.75 Å². The first-order valence-electron chi connectivity index (χ1n) is 9.05. The Bertz CT molecular complexity index is 652. The van der Waals surface area contributed by atoms with Crippen molar-refractivity contribution in [3.05, 3.63) is 36.4 Å². The first-order chi connectivity index (χ1) is 12.1. The van der Waals surface area contributed by atoms with Crippen LogP contribution >= 0.6 is 0 Å². The summed E-state index contributed by atoms with van der Waals surface area (Å²) in [5.74, 6) is -1.40. The van der Waals surface area contributed by atoms with Crippen LogP contribution in [-0.4, -0.2) is 23.6 Å². The smallest absolute Gasteiger partial charge is 0.307 e. The lowest BCUT2D eigenvalue weighted by atomic mass is 9.82. The number of anilines is 1. The third-order valence-electron chi connectivity index (χ3n) is 5.19. The Morgan fingerprint density at radius 3 is 2.44 bits per heavy atom. The molecule has 1 aromatic rings. The Labute approximate surface area is 148 Å². The number of allylic oxidation sites excluding steroid dienone is 2.